The molecule has 3 aromatic rings. The molecule has 1 unspecified atom stereocenters. The lowest BCUT2D eigenvalue weighted by Gasteiger charge is -2.38. The topological polar surface area (TPSA) is 53.7 Å². The molecule has 0 amide bonds. The fraction of sp³-hybridized carbons (Fsp3) is 0.280. The summed E-state index contributed by atoms with van der Waals surface area (Å²) in [5.74, 6) is 0.801. The number of nitrogens with two attached hydrogens (primary N) is 1. The number of ether oxygens (including phenoxy) is 3. The second-order valence-electron chi connectivity index (χ2n) is 6.86. The molecule has 1 atom stereocenters. The first-order valence-electron chi connectivity index (χ1n) is 9.91. The zero-order valence-corrected chi connectivity index (χ0v) is 17.1. The fourth-order valence-corrected chi connectivity index (χ4v) is 3.58. The Morgan fingerprint density at radius 1 is 0.759 bits per heavy atom. The van der Waals surface area contributed by atoms with Gasteiger partial charge in [0.15, 0.2) is 6.29 Å². The van der Waals surface area contributed by atoms with Crippen LogP contribution in [0.25, 0.3) is 0 Å². The molecule has 4 heteroatoms. The van der Waals surface area contributed by atoms with E-state index in [-0.39, 0.29) is 0 Å². The molecule has 2 N–H and O–H groups in total. The number of methoxy groups -OCH3 is 2. The van der Waals surface area contributed by atoms with Gasteiger partial charge in [-0.3, -0.25) is 0 Å². The van der Waals surface area contributed by atoms with Gasteiger partial charge in [-0.15, -0.1) is 0 Å². The van der Waals surface area contributed by atoms with E-state index in [2.05, 4.69) is 36.4 Å². The van der Waals surface area contributed by atoms with E-state index in [1.165, 1.54) is 0 Å². The van der Waals surface area contributed by atoms with E-state index in [9.17, 15) is 0 Å². The van der Waals surface area contributed by atoms with Crippen LogP contribution in [0.5, 0.6) is 5.75 Å². The molecular formula is C25H29NO3. The molecule has 3 rings (SSSR count). The predicted molar refractivity (Wildman–Crippen MR) is 116 cm³/mol. The molecule has 0 radical (unpaired) electrons. The third-order valence-corrected chi connectivity index (χ3v) is 5.07. The summed E-state index contributed by atoms with van der Waals surface area (Å²) in [4.78, 5) is 0. The molecule has 0 saturated heterocycles. The zero-order chi connectivity index (χ0) is 20.5. The number of rotatable bonds is 10. The smallest absolute Gasteiger partial charge is 0.159 e. The minimum Gasteiger partial charge on any atom is -0.497 e. The summed E-state index contributed by atoms with van der Waals surface area (Å²) in [5, 5.41) is 0. The quantitative estimate of drug-likeness (QED) is 0.401. The van der Waals surface area contributed by atoms with Crippen LogP contribution in [0.1, 0.15) is 29.5 Å². The molecule has 0 bridgehead atoms. The van der Waals surface area contributed by atoms with Crippen molar-refractivity contribution in [1.82, 2.24) is 0 Å². The standard InChI is InChI=1S/C25H29NO3/c1-27-23-17-15-22(16-18-23)25(20-10-5-3-6-11-20,21-12-7-4-8-13-21)29-24(28-2)14-9-19-26/h3-8,10-13,15-18,24H,9,14,19,26H2,1-2H3. The van der Waals surface area contributed by atoms with Crippen molar-refractivity contribution >= 4 is 0 Å². The lowest BCUT2D eigenvalue weighted by Crippen LogP contribution is -2.37. The van der Waals surface area contributed by atoms with Crippen LogP contribution in [0.4, 0.5) is 0 Å². The fourth-order valence-electron chi connectivity index (χ4n) is 3.58. The Morgan fingerprint density at radius 2 is 1.28 bits per heavy atom. The second kappa shape index (κ2) is 10.2. The summed E-state index contributed by atoms with van der Waals surface area (Å²) >= 11 is 0. The highest BCUT2D eigenvalue weighted by Crippen LogP contribution is 2.42. The molecule has 0 saturated carbocycles. The molecule has 0 heterocycles. The first-order chi connectivity index (χ1) is 14.2. The van der Waals surface area contributed by atoms with Crippen molar-refractivity contribution < 1.29 is 14.2 Å². The molecule has 0 spiro atoms. The van der Waals surface area contributed by atoms with E-state index < -0.39 is 11.9 Å². The second-order valence-corrected chi connectivity index (χ2v) is 6.86. The Labute approximate surface area is 173 Å². The van der Waals surface area contributed by atoms with Crippen molar-refractivity contribution in [2.75, 3.05) is 20.8 Å². The van der Waals surface area contributed by atoms with Crippen LogP contribution in [-0.2, 0) is 15.1 Å². The number of hydrogen-bond acceptors (Lipinski definition) is 4. The monoisotopic (exact) mass is 391 g/mol. The molecule has 0 aliphatic rings. The molecule has 0 aromatic heterocycles. The van der Waals surface area contributed by atoms with Crippen LogP contribution < -0.4 is 10.5 Å². The van der Waals surface area contributed by atoms with Crippen molar-refractivity contribution in [3.8, 4) is 5.75 Å². The van der Waals surface area contributed by atoms with E-state index >= 15 is 0 Å². The van der Waals surface area contributed by atoms with E-state index in [1.807, 2.05) is 48.5 Å². The number of hydrogen-bond donors (Lipinski definition) is 1. The van der Waals surface area contributed by atoms with Crippen LogP contribution in [0, 0.1) is 0 Å². The lowest BCUT2D eigenvalue weighted by atomic mass is 9.80. The Hall–Kier alpha value is -2.66. The molecule has 152 valence electrons. The molecule has 29 heavy (non-hydrogen) atoms. The van der Waals surface area contributed by atoms with Gasteiger partial charge in [0.1, 0.15) is 11.4 Å². The minimum absolute atomic E-state index is 0.402. The van der Waals surface area contributed by atoms with Gasteiger partial charge in [0.05, 0.1) is 7.11 Å². The number of benzene rings is 3. The van der Waals surface area contributed by atoms with Gasteiger partial charge in [0, 0.05) is 7.11 Å². The molecule has 0 aliphatic carbocycles. The van der Waals surface area contributed by atoms with Crippen LogP contribution >= 0.6 is 0 Å². The Morgan fingerprint density at radius 3 is 1.72 bits per heavy atom. The van der Waals surface area contributed by atoms with Gasteiger partial charge >= 0.3 is 0 Å². The van der Waals surface area contributed by atoms with Gasteiger partial charge in [0.2, 0.25) is 0 Å². The maximum Gasteiger partial charge on any atom is 0.159 e. The van der Waals surface area contributed by atoms with E-state index in [1.54, 1.807) is 14.2 Å². The highest BCUT2D eigenvalue weighted by Gasteiger charge is 2.40. The van der Waals surface area contributed by atoms with Crippen molar-refractivity contribution in [2.45, 2.75) is 24.7 Å². The maximum atomic E-state index is 6.80. The summed E-state index contributed by atoms with van der Waals surface area (Å²) in [7, 11) is 3.34. The molecule has 0 fully saturated rings. The molecule has 3 aromatic carbocycles. The van der Waals surface area contributed by atoms with Gasteiger partial charge in [-0.1, -0.05) is 72.8 Å². The van der Waals surface area contributed by atoms with Gasteiger partial charge in [-0.2, -0.15) is 0 Å². The van der Waals surface area contributed by atoms with E-state index in [0.717, 1.165) is 28.9 Å². The minimum atomic E-state index is -0.829. The van der Waals surface area contributed by atoms with Crippen LogP contribution in [0.2, 0.25) is 0 Å². The summed E-state index contributed by atoms with van der Waals surface area (Å²) in [6.45, 7) is 0.593. The maximum absolute atomic E-state index is 6.80. The molecule has 4 nitrogen and oxygen atoms in total. The average Bonchev–Trinajstić information content (AvgIpc) is 2.81. The van der Waals surface area contributed by atoms with Gasteiger partial charge in [-0.25, -0.2) is 0 Å². The average molecular weight is 392 g/mol. The van der Waals surface area contributed by atoms with Gasteiger partial charge < -0.3 is 19.9 Å². The Balaban J connectivity index is 2.20. The highest BCUT2D eigenvalue weighted by molar-refractivity contribution is 5.48. The highest BCUT2D eigenvalue weighted by atomic mass is 16.7. The van der Waals surface area contributed by atoms with Crippen LogP contribution in [0.15, 0.2) is 84.9 Å². The lowest BCUT2D eigenvalue weighted by molar-refractivity contribution is -0.179. The Bertz CT molecular complexity index is 811. The van der Waals surface area contributed by atoms with Gasteiger partial charge in [-0.05, 0) is 48.2 Å². The molecular weight excluding hydrogens is 362 g/mol. The van der Waals surface area contributed by atoms with Crippen LogP contribution in [0.3, 0.4) is 0 Å². The van der Waals surface area contributed by atoms with Crippen molar-refractivity contribution in [1.29, 1.82) is 0 Å². The SMILES string of the molecule is COc1ccc(C(OC(CCCN)OC)(c2ccccc2)c2ccccc2)cc1. The third-order valence-electron chi connectivity index (χ3n) is 5.07. The van der Waals surface area contributed by atoms with Crippen molar-refractivity contribution in [2.24, 2.45) is 5.73 Å². The largest absolute Gasteiger partial charge is 0.497 e. The first kappa shape index (κ1) is 21.1. The van der Waals surface area contributed by atoms with E-state index in [0.29, 0.717) is 13.0 Å². The van der Waals surface area contributed by atoms with Gasteiger partial charge in [0.25, 0.3) is 0 Å². The Kier molecular flexibility index (Phi) is 7.42. The predicted octanol–water partition coefficient (Wildman–Crippen LogP) is 4.72. The summed E-state index contributed by atoms with van der Waals surface area (Å²) < 4.78 is 17.9. The van der Waals surface area contributed by atoms with Crippen molar-refractivity contribution in [3.05, 3.63) is 102 Å². The first-order valence-corrected chi connectivity index (χ1v) is 9.91. The normalized spacial score (nSPS) is 12.5. The van der Waals surface area contributed by atoms with Crippen LogP contribution in [-0.4, -0.2) is 27.1 Å². The zero-order valence-electron chi connectivity index (χ0n) is 17.1. The van der Waals surface area contributed by atoms with E-state index in [4.69, 9.17) is 19.9 Å². The molecule has 0 aliphatic heterocycles. The summed E-state index contributed by atoms with van der Waals surface area (Å²) in [6.07, 6.45) is 1.13. The summed E-state index contributed by atoms with van der Waals surface area (Å²) in [5.41, 5.74) is 7.98. The third kappa shape index (κ3) is 4.67. The van der Waals surface area contributed by atoms with Crippen molar-refractivity contribution in [3.63, 3.8) is 0 Å². The summed E-state index contributed by atoms with van der Waals surface area (Å²) in [6, 6.07) is 28.5.